The number of H-pyrrole nitrogens is 1. The first kappa shape index (κ1) is 18.6. The maximum atomic E-state index is 12.8. The number of hydrogen-bond acceptors (Lipinski definition) is 5. The van der Waals surface area contributed by atoms with Gasteiger partial charge in [0.05, 0.1) is 11.3 Å². The van der Waals surface area contributed by atoms with Crippen LogP contribution >= 0.6 is 0 Å². The Morgan fingerprint density at radius 2 is 1.78 bits per heavy atom. The van der Waals surface area contributed by atoms with Crippen molar-refractivity contribution in [3.05, 3.63) is 57.5 Å². The van der Waals surface area contributed by atoms with Gasteiger partial charge in [-0.05, 0) is 51.5 Å². The first-order chi connectivity index (χ1) is 12.9. The molecule has 140 valence electrons. The zero-order valence-electron chi connectivity index (χ0n) is 16.0. The van der Waals surface area contributed by atoms with E-state index in [-0.39, 0.29) is 17.4 Å². The van der Waals surface area contributed by atoms with Crippen LogP contribution in [0.1, 0.15) is 32.0 Å². The van der Waals surface area contributed by atoms with Crippen molar-refractivity contribution in [2.24, 2.45) is 5.10 Å². The molecule has 0 atom stereocenters. The van der Waals surface area contributed by atoms with Gasteiger partial charge in [0.2, 0.25) is 5.95 Å². The van der Waals surface area contributed by atoms with E-state index in [9.17, 15) is 9.59 Å². The van der Waals surface area contributed by atoms with E-state index in [0.29, 0.717) is 17.0 Å². The second-order valence-electron chi connectivity index (χ2n) is 6.33. The third-order valence-corrected chi connectivity index (χ3v) is 4.45. The van der Waals surface area contributed by atoms with Crippen LogP contribution < -0.4 is 15.5 Å². The predicted octanol–water partition coefficient (Wildman–Crippen LogP) is 2.73. The van der Waals surface area contributed by atoms with Gasteiger partial charge in [-0.2, -0.15) is 10.1 Å². The van der Waals surface area contributed by atoms with E-state index >= 15 is 0 Å². The van der Waals surface area contributed by atoms with Gasteiger partial charge in [0.1, 0.15) is 0 Å². The summed E-state index contributed by atoms with van der Waals surface area (Å²) in [6, 6.07) is 9.42. The molecule has 0 radical (unpaired) electrons. The summed E-state index contributed by atoms with van der Waals surface area (Å²) in [5, 5.41) is 5.40. The van der Waals surface area contributed by atoms with Crippen molar-refractivity contribution in [3.8, 4) is 0 Å². The average Bonchev–Trinajstić information content (AvgIpc) is 2.91. The second-order valence-corrected chi connectivity index (χ2v) is 6.33. The molecule has 0 saturated carbocycles. The van der Waals surface area contributed by atoms with Crippen molar-refractivity contribution in [2.75, 3.05) is 23.0 Å². The lowest BCUT2D eigenvalue weighted by molar-refractivity contribution is -0.114. The molecule has 0 spiro atoms. The zero-order chi connectivity index (χ0) is 19.6. The summed E-state index contributed by atoms with van der Waals surface area (Å²) in [6.45, 7) is 9.59. The minimum atomic E-state index is -0.317. The zero-order valence-corrected chi connectivity index (χ0v) is 16.0. The topological polar surface area (TPSA) is 81.7 Å². The summed E-state index contributed by atoms with van der Waals surface area (Å²) in [5.41, 5.74) is 3.33. The second kappa shape index (κ2) is 7.57. The number of benzene rings is 1. The van der Waals surface area contributed by atoms with E-state index in [0.717, 1.165) is 29.3 Å². The highest BCUT2D eigenvalue weighted by atomic mass is 16.2. The summed E-state index contributed by atoms with van der Waals surface area (Å²) in [4.78, 5) is 33.5. The van der Waals surface area contributed by atoms with Crippen LogP contribution in [0.5, 0.6) is 0 Å². The third kappa shape index (κ3) is 3.81. The largest absolute Gasteiger partial charge is 0.372 e. The molecule has 0 fully saturated rings. The predicted molar refractivity (Wildman–Crippen MR) is 108 cm³/mol. The van der Waals surface area contributed by atoms with E-state index in [1.807, 2.05) is 24.3 Å². The smallest absolute Gasteiger partial charge is 0.283 e. The Bertz CT molecular complexity index is 969. The summed E-state index contributed by atoms with van der Waals surface area (Å²) >= 11 is 0. The molecule has 27 heavy (non-hydrogen) atoms. The molecule has 1 aliphatic rings. The molecule has 1 N–H and O–H groups in total. The molecule has 1 aromatic heterocycles. The Morgan fingerprint density at radius 1 is 1.11 bits per heavy atom. The van der Waals surface area contributed by atoms with Gasteiger partial charge in [-0.15, -0.1) is 0 Å². The van der Waals surface area contributed by atoms with Gasteiger partial charge in [0.15, 0.2) is 0 Å². The number of aromatic amines is 1. The minimum Gasteiger partial charge on any atom is -0.372 e. The number of rotatable bonds is 5. The number of carbonyl (C=O) groups excluding carboxylic acids is 1. The maximum absolute atomic E-state index is 12.8. The highest BCUT2D eigenvalue weighted by Crippen LogP contribution is 2.23. The Labute approximate surface area is 158 Å². The molecule has 1 aromatic carbocycles. The lowest BCUT2D eigenvalue weighted by Gasteiger charge is -2.20. The number of nitrogens with one attached hydrogen (secondary N) is 1. The van der Waals surface area contributed by atoms with Gasteiger partial charge < -0.3 is 4.90 Å². The van der Waals surface area contributed by atoms with Crippen LogP contribution in [0.25, 0.3) is 6.08 Å². The van der Waals surface area contributed by atoms with Gasteiger partial charge in [-0.3, -0.25) is 14.6 Å². The molecule has 2 heterocycles. The Morgan fingerprint density at radius 3 is 2.37 bits per heavy atom. The van der Waals surface area contributed by atoms with Crippen LogP contribution in [-0.4, -0.2) is 34.7 Å². The molecule has 1 amide bonds. The molecule has 0 unspecified atom stereocenters. The van der Waals surface area contributed by atoms with E-state index in [4.69, 9.17) is 0 Å². The number of hydrogen-bond donors (Lipinski definition) is 1. The van der Waals surface area contributed by atoms with Gasteiger partial charge in [0, 0.05) is 30.5 Å². The molecule has 7 nitrogen and oxygen atoms in total. The quantitative estimate of drug-likeness (QED) is 0.826. The number of aromatic nitrogens is 2. The maximum Gasteiger partial charge on any atom is 0.283 e. The third-order valence-electron chi connectivity index (χ3n) is 4.45. The highest BCUT2D eigenvalue weighted by Gasteiger charge is 2.30. The van der Waals surface area contributed by atoms with Crippen LogP contribution in [0.4, 0.5) is 11.6 Å². The highest BCUT2D eigenvalue weighted by molar-refractivity contribution is 6.31. The van der Waals surface area contributed by atoms with Crippen LogP contribution in [-0.2, 0) is 4.79 Å². The average molecular weight is 365 g/mol. The molecule has 0 bridgehead atoms. The molecule has 0 saturated heterocycles. The molecular weight excluding hydrogens is 342 g/mol. The van der Waals surface area contributed by atoms with Gasteiger partial charge in [-0.25, -0.2) is 4.98 Å². The van der Waals surface area contributed by atoms with Crippen molar-refractivity contribution in [2.45, 2.75) is 27.7 Å². The van der Waals surface area contributed by atoms with E-state index in [2.05, 4.69) is 33.8 Å². The Hall–Kier alpha value is -3.22. The summed E-state index contributed by atoms with van der Waals surface area (Å²) in [7, 11) is 0. The van der Waals surface area contributed by atoms with E-state index in [1.165, 1.54) is 6.07 Å². The van der Waals surface area contributed by atoms with Crippen LogP contribution in [0.2, 0.25) is 0 Å². The fraction of sp³-hybridized carbons (Fsp3) is 0.300. The number of amides is 1. The normalized spacial score (nSPS) is 15.4. The van der Waals surface area contributed by atoms with Gasteiger partial charge in [0.25, 0.3) is 11.5 Å². The standard InChI is InChI=1S/C20H23N5O2/c1-5-24(6-2)16-9-7-15(8-10-16)12-17-14(4)23-25(19(17)27)20-21-13(3)11-18(26)22-20/h7-12H,5-6H2,1-4H3,(H,21,22,26)/b17-12+. The molecule has 7 heteroatoms. The van der Waals surface area contributed by atoms with Crippen molar-refractivity contribution in [3.63, 3.8) is 0 Å². The van der Waals surface area contributed by atoms with Crippen molar-refractivity contribution < 1.29 is 4.79 Å². The van der Waals surface area contributed by atoms with E-state index < -0.39 is 0 Å². The fourth-order valence-electron chi connectivity index (χ4n) is 3.03. The summed E-state index contributed by atoms with van der Waals surface area (Å²) in [5.74, 6) is -0.182. The van der Waals surface area contributed by atoms with Crippen LogP contribution in [0.15, 0.2) is 45.8 Å². The Kier molecular flexibility index (Phi) is 5.21. The fourth-order valence-corrected chi connectivity index (χ4v) is 3.03. The molecule has 0 aliphatic carbocycles. The summed E-state index contributed by atoms with van der Waals surface area (Å²) < 4.78 is 0. The van der Waals surface area contributed by atoms with Gasteiger partial charge in [-0.1, -0.05) is 12.1 Å². The first-order valence-electron chi connectivity index (χ1n) is 8.97. The van der Waals surface area contributed by atoms with Crippen molar-refractivity contribution in [1.29, 1.82) is 0 Å². The lowest BCUT2D eigenvalue weighted by Crippen LogP contribution is -2.26. The number of aryl methyl sites for hydroxylation is 1. The monoisotopic (exact) mass is 365 g/mol. The van der Waals surface area contributed by atoms with Crippen LogP contribution in [0, 0.1) is 6.92 Å². The minimum absolute atomic E-state index is 0.129. The number of carbonyl (C=O) groups is 1. The number of nitrogens with zero attached hydrogens (tertiary/aromatic N) is 4. The number of anilines is 2. The SMILES string of the molecule is CCN(CC)c1ccc(/C=C2/C(=O)N(c3nc(C)cc(=O)[nH]3)N=C2C)cc1. The molecule has 3 rings (SSSR count). The van der Waals surface area contributed by atoms with E-state index in [1.54, 1.807) is 19.9 Å². The van der Waals surface area contributed by atoms with Crippen LogP contribution in [0.3, 0.4) is 0 Å². The number of hydrazone groups is 1. The molecular formula is C20H23N5O2. The lowest BCUT2D eigenvalue weighted by atomic mass is 10.1. The van der Waals surface area contributed by atoms with Crippen molar-refractivity contribution in [1.82, 2.24) is 9.97 Å². The molecule has 2 aromatic rings. The summed E-state index contributed by atoms with van der Waals surface area (Å²) in [6.07, 6.45) is 1.81. The van der Waals surface area contributed by atoms with Crippen molar-refractivity contribution >= 4 is 29.3 Å². The molecule has 1 aliphatic heterocycles. The first-order valence-corrected chi connectivity index (χ1v) is 8.97. The van der Waals surface area contributed by atoms with Gasteiger partial charge >= 0.3 is 0 Å². The Balaban J connectivity index is 1.88.